The van der Waals surface area contributed by atoms with Crippen LogP contribution in [0.3, 0.4) is 0 Å². The Morgan fingerprint density at radius 3 is 2.87 bits per heavy atom. The predicted molar refractivity (Wildman–Crippen MR) is 96.8 cm³/mol. The molecule has 0 unspecified atom stereocenters. The summed E-state index contributed by atoms with van der Waals surface area (Å²) in [5.74, 6) is 0.635. The van der Waals surface area contributed by atoms with Crippen molar-refractivity contribution in [1.29, 1.82) is 0 Å². The summed E-state index contributed by atoms with van der Waals surface area (Å²) in [6.45, 7) is 3.96. The summed E-state index contributed by atoms with van der Waals surface area (Å²) in [5.41, 5.74) is 5.23. The van der Waals surface area contributed by atoms with Crippen LogP contribution in [-0.4, -0.2) is 21.2 Å². The molecular formula is C16H15BrN4OS. The lowest BCUT2D eigenvalue weighted by Gasteiger charge is -2.06. The van der Waals surface area contributed by atoms with Gasteiger partial charge < -0.3 is 4.57 Å². The maximum Gasteiger partial charge on any atom is 0.260 e. The fourth-order valence-corrected chi connectivity index (χ4v) is 3.62. The smallest absolute Gasteiger partial charge is 0.260 e. The molecule has 7 heteroatoms. The molecule has 1 amide bonds. The van der Waals surface area contributed by atoms with Crippen LogP contribution in [-0.2, 0) is 11.3 Å². The number of rotatable bonds is 4. The van der Waals surface area contributed by atoms with Gasteiger partial charge in [0.05, 0.1) is 25.4 Å². The summed E-state index contributed by atoms with van der Waals surface area (Å²) in [6, 6.07) is 11.7. The van der Waals surface area contributed by atoms with Gasteiger partial charge in [0, 0.05) is 0 Å². The standard InChI is InChI=1S/C16H15BrN4OS/c1-10(14-7-8-15(17)23-14)19-20-16(22)9-21-11(2)18-12-5-3-4-6-13(12)21/h3-8H,9H2,1-2H3,(H,20,22)/b19-10-. The molecule has 0 bridgehead atoms. The number of fused-ring (bicyclic) bond motifs is 1. The van der Waals surface area contributed by atoms with Crippen molar-refractivity contribution in [3.8, 4) is 0 Å². The molecule has 1 N–H and O–H groups in total. The third kappa shape index (κ3) is 3.51. The van der Waals surface area contributed by atoms with Gasteiger partial charge in [0.25, 0.3) is 5.91 Å². The molecule has 2 aromatic heterocycles. The van der Waals surface area contributed by atoms with Gasteiger partial charge in [-0.25, -0.2) is 10.4 Å². The SMILES string of the molecule is C/C(=N/NC(=O)Cn1c(C)nc2ccccc21)c1ccc(Br)s1. The number of hydrogen-bond donors (Lipinski definition) is 1. The van der Waals surface area contributed by atoms with Crippen LogP contribution in [0.1, 0.15) is 17.6 Å². The molecule has 0 atom stereocenters. The molecule has 0 aliphatic heterocycles. The maximum absolute atomic E-state index is 12.2. The summed E-state index contributed by atoms with van der Waals surface area (Å²) in [7, 11) is 0. The lowest BCUT2D eigenvalue weighted by Crippen LogP contribution is -2.24. The molecule has 118 valence electrons. The maximum atomic E-state index is 12.2. The summed E-state index contributed by atoms with van der Waals surface area (Å²) in [4.78, 5) is 17.6. The van der Waals surface area contributed by atoms with Gasteiger partial charge in [0.15, 0.2) is 0 Å². The molecule has 3 aromatic rings. The molecule has 1 aromatic carbocycles. The van der Waals surface area contributed by atoms with E-state index in [0.29, 0.717) is 0 Å². The van der Waals surface area contributed by atoms with Gasteiger partial charge in [-0.3, -0.25) is 4.79 Å². The van der Waals surface area contributed by atoms with Crippen molar-refractivity contribution in [1.82, 2.24) is 15.0 Å². The molecule has 0 spiro atoms. The summed E-state index contributed by atoms with van der Waals surface area (Å²) in [5, 5.41) is 4.17. The predicted octanol–water partition coefficient (Wildman–Crippen LogP) is 3.71. The largest absolute Gasteiger partial charge is 0.319 e. The molecule has 3 rings (SSSR count). The third-order valence-corrected chi connectivity index (χ3v) is 5.16. The topological polar surface area (TPSA) is 59.3 Å². The second-order valence-corrected chi connectivity index (χ2v) is 7.53. The Kier molecular flexibility index (Phi) is 4.58. The van der Waals surface area contributed by atoms with Gasteiger partial charge in [0.1, 0.15) is 12.4 Å². The van der Waals surface area contributed by atoms with Gasteiger partial charge in [-0.05, 0) is 54.0 Å². The average molecular weight is 391 g/mol. The van der Waals surface area contributed by atoms with E-state index >= 15 is 0 Å². The van der Waals surface area contributed by atoms with E-state index in [1.54, 1.807) is 11.3 Å². The van der Waals surface area contributed by atoms with E-state index in [1.807, 2.05) is 54.8 Å². The van der Waals surface area contributed by atoms with Crippen LogP contribution < -0.4 is 5.43 Å². The number of hydrazone groups is 1. The zero-order chi connectivity index (χ0) is 16.4. The number of halogens is 1. The number of nitrogens with one attached hydrogen (secondary N) is 1. The first-order valence-electron chi connectivity index (χ1n) is 7.05. The van der Waals surface area contributed by atoms with Crippen LogP contribution in [0, 0.1) is 6.92 Å². The molecule has 0 aliphatic rings. The molecule has 0 saturated heterocycles. The van der Waals surface area contributed by atoms with Crippen molar-refractivity contribution >= 4 is 49.9 Å². The van der Waals surface area contributed by atoms with Crippen molar-refractivity contribution in [2.45, 2.75) is 20.4 Å². The first-order chi connectivity index (χ1) is 11.0. The minimum absolute atomic E-state index is 0.175. The zero-order valence-corrected chi connectivity index (χ0v) is 15.1. The van der Waals surface area contributed by atoms with Gasteiger partial charge in [-0.1, -0.05) is 12.1 Å². The van der Waals surface area contributed by atoms with Crippen LogP contribution in [0.15, 0.2) is 45.3 Å². The number of nitrogens with zero attached hydrogens (tertiary/aromatic N) is 3. The molecule has 0 aliphatic carbocycles. The number of benzene rings is 1. The second-order valence-electron chi connectivity index (χ2n) is 5.07. The first kappa shape index (κ1) is 15.9. The van der Waals surface area contributed by atoms with Crippen molar-refractivity contribution in [3.63, 3.8) is 0 Å². The Hall–Kier alpha value is -1.99. The van der Waals surface area contributed by atoms with Gasteiger partial charge in [-0.2, -0.15) is 5.10 Å². The zero-order valence-electron chi connectivity index (χ0n) is 12.7. The quantitative estimate of drug-likeness (QED) is 0.545. The number of amides is 1. The van der Waals surface area contributed by atoms with E-state index in [-0.39, 0.29) is 12.5 Å². The highest BCUT2D eigenvalue weighted by atomic mass is 79.9. The number of aromatic nitrogens is 2. The number of aryl methyl sites for hydroxylation is 1. The minimum atomic E-state index is -0.175. The van der Waals surface area contributed by atoms with E-state index < -0.39 is 0 Å². The number of imidazole rings is 1. The second kappa shape index (κ2) is 6.64. The van der Waals surface area contributed by atoms with Crippen molar-refractivity contribution < 1.29 is 4.79 Å². The molecule has 0 fully saturated rings. The fourth-order valence-electron chi connectivity index (χ4n) is 2.28. The molecular weight excluding hydrogens is 376 g/mol. The monoisotopic (exact) mass is 390 g/mol. The van der Waals surface area contributed by atoms with E-state index in [9.17, 15) is 4.79 Å². The summed E-state index contributed by atoms with van der Waals surface area (Å²) < 4.78 is 2.92. The first-order valence-corrected chi connectivity index (χ1v) is 8.66. The van der Waals surface area contributed by atoms with Crippen LogP contribution in [0.5, 0.6) is 0 Å². The lowest BCUT2D eigenvalue weighted by atomic mass is 10.3. The number of thiophene rings is 1. The van der Waals surface area contributed by atoms with Gasteiger partial charge in [0.2, 0.25) is 0 Å². The molecule has 0 radical (unpaired) electrons. The van der Waals surface area contributed by atoms with Crippen molar-refractivity contribution in [2.24, 2.45) is 5.10 Å². The Bertz CT molecular complexity index is 897. The lowest BCUT2D eigenvalue weighted by molar-refractivity contribution is -0.121. The molecule has 0 saturated carbocycles. The Balaban J connectivity index is 1.73. The van der Waals surface area contributed by atoms with Crippen molar-refractivity contribution in [3.05, 3.63) is 50.9 Å². The average Bonchev–Trinajstić information content (AvgIpc) is 3.09. The molecule has 2 heterocycles. The number of para-hydroxylation sites is 2. The van der Waals surface area contributed by atoms with Crippen molar-refractivity contribution in [2.75, 3.05) is 0 Å². The third-order valence-electron chi connectivity index (χ3n) is 3.43. The van der Waals surface area contributed by atoms with Gasteiger partial charge >= 0.3 is 0 Å². The Labute approximate surface area is 146 Å². The number of hydrogen-bond acceptors (Lipinski definition) is 4. The Morgan fingerprint density at radius 1 is 1.35 bits per heavy atom. The van der Waals surface area contributed by atoms with Crippen LogP contribution >= 0.6 is 27.3 Å². The highest BCUT2D eigenvalue weighted by Gasteiger charge is 2.10. The van der Waals surface area contributed by atoms with Crippen LogP contribution in [0.25, 0.3) is 11.0 Å². The van der Waals surface area contributed by atoms with E-state index in [2.05, 4.69) is 31.4 Å². The summed E-state index contributed by atoms with van der Waals surface area (Å²) >= 11 is 4.99. The molecule has 5 nitrogen and oxygen atoms in total. The number of carbonyl (C=O) groups is 1. The summed E-state index contributed by atoms with van der Waals surface area (Å²) in [6.07, 6.45) is 0. The normalized spacial score (nSPS) is 11.9. The van der Waals surface area contributed by atoms with Crippen LogP contribution in [0.4, 0.5) is 0 Å². The highest BCUT2D eigenvalue weighted by molar-refractivity contribution is 9.11. The molecule has 23 heavy (non-hydrogen) atoms. The Morgan fingerprint density at radius 2 is 2.13 bits per heavy atom. The number of carbonyl (C=O) groups excluding carboxylic acids is 1. The highest BCUT2D eigenvalue weighted by Crippen LogP contribution is 2.22. The van der Waals surface area contributed by atoms with E-state index in [4.69, 9.17) is 0 Å². The van der Waals surface area contributed by atoms with E-state index in [0.717, 1.165) is 31.2 Å². The minimum Gasteiger partial charge on any atom is -0.319 e. The van der Waals surface area contributed by atoms with Gasteiger partial charge in [-0.15, -0.1) is 11.3 Å². The fraction of sp³-hybridized carbons (Fsp3) is 0.188. The van der Waals surface area contributed by atoms with Crippen LogP contribution in [0.2, 0.25) is 0 Å². The van der Waals surface area contributed by atoms with E-state index in [1.165, 1.54) is 0 Å².